The highest BCUT2D eigenvalue weighted by molar-refractivity contribution is 8.00. The standard InChI is InChI=1S/C8H13N3OS/c1-11-9-5-6(10-11)7(12)8(13-2)3-4-8/h5,7,12H,3-4H2,1-2H3. The quantitative estimate of drug-likeness (QED) is 0.780. The minimum absolute atomic E-state index is 0.0238. The minimum atomic E-state index is -0.462. The fourth-order valence-corrected chi connectivity index (χ4v) is 2.32. The van der Waals surface area contributed by atoms with Crippen LogP contribution in [0.2, 0.25) is 0 Å². The second kappa shape index (κ2) is 2.99. The molecule has 0 radical (unpaired) electrons. The summed E-state index contributed by atoms with van der Waals surface area (Å²) in [5, 5.41) is 18.0. The molecule has 1 atom stereocenters. The van der Waals surface area contributed by atoms with Crippen molar-refractivity contribution in [2.45, 2.75) is 23.7 Å². The highest BCUT2D eigenvalue weighted by Gasteiger charge is 2.50. The van der Waals surface area contributed by atoms with Gasteiger partial charge in [-0.3, -0.25) is 0 Å². The zero-order valence-corrected chi connectivity index (χ0v) is 8.58. The minimum Gasteiger partial charge on any atom is -0.385 e. The Hall–Kier alpha value is -0.550. The van der Waals surface area contributed by atoms with Gasteiger partial charge in [-0.1, -0.05) is 0 Å². The van der Waals surface area contributed by atoms with Gasteiger partial charge in [0.15, 0.2) is 0 Å². The third-order valence-corrected chi connectivity index (χ3v) is 3.99. The van der Waals surface area contributed by atoms with Gasteiger partial charge in [-0.05, 0) is 19.1 Å². The summed E-state index contributed by atoms with van der Waals surface area (Å²) in [6.45, 7) is 0. The van der Waals surface area contributed by atoms with E-state index in [9.17, 15) is 5.11 Å². The van der Waals surface area contributed by atoms with Crippen LogP contribution in [0.15, 0.2) is 6.20 Å². The van der Waals surface area contributed by atoms with Gasteiger partial charge in [-0.15, -0.1) is 0 Å². The molecular formula is C8H13N3OS. The monoisotopic (exact) mass is 199 g/mol. The Morgan fingerprint density at radius 1 is 1.69 bits per heavy atom. The van der Waals surface area contributed by atoms with Crippen LogP contribution in [0.25, 0.3) is 0 Å². The Balaban J connectivity index is 2.17. The van der Waals surface area contributed by atoms with E-state index in [-0.39, 0.29) is 4.75 Å². The van der Waals surface area contributed by atoms with Gasteiger partial charge in [0.1, 0.15) is 11.8 Å². The third-order valence-electron chi connectivity index (χ3n) is 2.55. The molecule has 0 aliphatic heterocycles. The second-order valence-electron chi connectivity index (χ2n) is 3.43. The summed E-state index contributed by atoms with van der Waals surface area (Å²) in [7, 11) is 1.76. The van der Waals surface area contributed by atoms with Crippen LogP contribution < -0.4 is 0 Å². The van der Waals surface area contributed by atoms with Crippen molar-refractivity contribution < 1.29 is 5.11 Å². The second-order valence-corrected chi connectivity index (χ2v) is 4.65. The first kappa shape index (κ1) is 9.02. The van der Waals surface area contributed by atoms with Crippen molar-refractivity contribution in [2.75, 3.05) is 6.26 Å². The van der Waals surface area contributed by atoms with Crippen LogP contribution in [0.5, 0.6) is 0 Å². The van der Waals surface area contributed by atoms with E-state index in [0.29, 0.717) is 5.69 Å². The number of aryl methyl sites for hydroxylation is 1. The first-order chi connectivity index (χ1) is 6.18. The number of hydrogen-bond acceptors (Lipinski definition) is 4. The largest absolute Gasteiger partial charge is 0.385 e. The fraction of sp³-hybridized carbons (Fsp3) is 0.750. The van der Waals surface area contributed by atoms with Gasteiger partial charge in [0.05, 0.1) is 6.20 Å². The van der Waals surface area contributed by atoms with Crippen LogP contribution in [-0.4, -0.2) is 31.1 Å². The molecular weight excluding hydrogens is 186 g/mol. The number of aliphatic hydroxyl groups excluding tert-OH is 1. The molecule has 5 heteroatoms. The lowest BCUT2D eigenvalue weighted by atomic mass is 10.2. The molecule has 4 nitrogen and oxygen atoms in total. The Labute approximate surface area is 81.3 Å². The average molecular weight is 199 g/mol. The van der Waals surface area contributed by atoms with Crippen molar-refractivity contribution in [2.24, 2.45) is 7.05 Å². The van der Waals surface area contributed by atoms with Crippen molar-refractivity contribution in [3.8, 4) is 0 Å². The maximum Gasteiger partial charge on any atom is 0.114 e. The number of aliphatic hydroxyl groups is 1. The molecule has 1 unspecified atom stereocenters. The summed E-state index contributed by atoms with van der Waals surface area (Å²) < 4.78 is 0.0238. The van der Waals surface area contributed by atoms with E-state index in [2.05, 4.69) is 10.2 Å². The van der Waals surface area contributed by atoms with Gasteiger partial charge < -0.3 is 5.11 Å². The Bertz CT molecular complexity index is 308. The molecule has 1 saturated carbocycles. The molecule has 2 rings (SSSR count). The van der Waals surface area contributed by atoms with E-state index >= 15 is 0 Å². The molecule has 1 N–H and O–H groups in total. The number of nitrogens with zero attached hydrogens (tertiary/aromatic N) is 3. The molecule has 0 aromatic carbocycles. The highest BCUT2D eigenvalue weighted by Crippen LogP contribution is 2.55. The van der Waals surface area contributed by atoms with E-state index in [1.54, 1.807) is 25.0 Å². The van der Waals surface area contributed by atoms with E-state index in [4.69, 9.17) is 0 Å². The molecule has 0 saturated heterocycles. The van der Waals surface area contributed by atoms with E-state index in [1.165, 1.54) is 4.80 Å². The maximum atomic E-state index is 9.99. The summed E-state index contributed by atoms with van der Waals surface area (Å²) >= 11 is 1.72. The summed E-state index contributed by atoms with van der Waals surface area (Å²) in [5.41, 5.74) is 0.689. The molecule has 1 fully saturated rings. The Morgan fingerprint density at radius 2 is 2.38 bits per heavy atom. The highest BCUT2D eigenvalue weighted by atomic mass is 32.2. The predicted molar refractivity (Wildman–Crippen MR) is 51.4 cm³/mol. The zero-order valence-electron chi connectivity index (χ0n) is 7.77. The molecule has 13 heavy (non-hydrogen) atoms. The van der Waals surface area contributed by atoms with Gasteiger partial charge in [-0.25, -0.2) is 0 Å². The predicted octanol–water partition coefficient (Wildman–Crippen LogP) is 0.744. The number of hydrogen-bond donors (Lipinski definition) is 1. The molecule has 0 amide bonds. The fourth-order valence-electron chi connectivity index (χ4n) is 1.47. The maximum absolute atomic E-state index is 9.99. The van der Waals surface area contributed by atoms with Crippen molar-refractivity contribution >= 4 is 11.8 Å². The van der Waals surface area contributed by atoms with E-state index in [0.717, 1.165) is 12.8 Å². The van der Waals surface area contributed by atoms with E-state index < -0.39 is 6.10 Å². The number of thioether (sulfide) groups is 1. The average Bonchev–Trinajstić information content (AvgIpc) is 2.82. The van der Waals surface area contributed by atoms with Crippen LogP contribution in [0.1, 0.15) is 24.6 Å². The lowest BCUT2D eigenvalue weighted by Gasteiger charge is -2.17. The first-order valence-corrected chi connectivity index (χ1v) is 5.50. The van der Waals surface area contributed by atoms with E-state index in [1.807, 2.05) is 6.26 Å². The van der Waals surface area contributed by atoms with Crippen molar-refractivity contribution in [3.05, 3.63) is 11.9 Å². The normalized spacial score (nSPS) is 21.5. The smallest absolute Gasteiger partial charge is 0.114 e. The van der Waals surface area contributed by atoms with Crippen LogP contribution in [0, 0.1) is 0 Å². The van der Waals surface area contributed by atoms with Gasteiger partial charge >= 0.3 is 0 Å². The zero-order chi connectivity index (χ0) is 9.47. The van der Waals surface area contributed by atoms with Gasteiger partial charge in [-0.2, -0.15) is 26.8 Å². The lowest BCUT2D eigenvalue weighted by Crippen LogP contribution is -2.16. The molecule has 1 aromatic rings. The molecule has 0 spiro atoms. The third kappa shape index (κ3) is 1.46. The van der Waals surface area contributed by atoms with Crippen molar-refractivity contribution in [1.82, 2.24) is 15.0 Å². The van der Waals surface area contributed by atoms with Crippen LogP contribution in [0.4, 0.5) is 0 Å². The van der Waals surface area contributed by atoms with Gasteiger partial charge in [0.25, 0.3) is 0 Å². The summed E-state index contributed by atoms with van der Waals surface area (Å²) in [4.78, 5) is 1.48. The van der Waals surface area contributed by atoms with Gasteiger partial charge in [0.2, 0.25) is 0 Å². The van der Waals surface area contributed by atoms with Gasteiger partial charge in [0, 0.05) is 11.8 Å². The Kier molecular flexibility index (Phi) is 2.08. The lowest BCUT2D eigenvalue weighted by molar-refractivity contribution is 0.161. The molecule has 1 aliphatic rings. The molecule has 1 aromatic heterocycles. The number of aromatic nitrogens is 3. The topological polar surface area (TPSA) is 50.9 Å². The number of rotatable bonds is 3. The SMILES string of the molecule is CSC1(C(O)c2cnn(C)n2)CC1. The molecule has 1 heterocycles. The van der Waals surface area contributed by atoms with Crippen LogP contribution in [-0.2, 0) is 7.05 Å². The van der Waals surface area contributed by atoms with Crippen LogP contribution >= 0.6 is 11.8 Å². The van der Waals surface area contributed by atoms with Crippen molar-refractivity contribution in [1.29, 1.82) is 0 Å². The summed E-state index contributed by atoms with van der Waals surface area (Å²) in [6.07, 6.45) is 5.36. The molecule has 0 bridgehead atoms. The Morgan fingerprint density at radius 3 is 2.77 bits per heavy atom. The molecule has 1 aliphatic carbocycles. The van der Waals surface area contributed by atoms with Crippen molar-refractivity contribution in [3.63, 3.8) is 0 Å². The molecule has 72 valence electrons. The summed E-state index contributed by atoms with van der Waals surface area (Å²) in [5.74, 6) is 0. The first-order valence-electron chi connectivity index (χ1n) is 4.27. The summed E-state index contributed by atoms with van der Waals surface area (Å²) in [6, 6.07) is 0. The van der Waals surface area contributed by atoms with Crippen LogP contribution in [0.3, 0.4) is 0 Å².